The molecule has 0 radical (unpaired) electrons. The molecule has 0 fully saturated rings. The van der Waals surface area contributed by atoms with Gasteiger partial charge in [-0.05, 0) is 81.7 Å². The molecule has 1 aromatic carbocycles. The highest BCUT2D eigenvalue weighted by molar-refractivity contribution is 7.99. The molecule has 0 heterocycles. The van der Waals surface area contributed by atoms with E-state index in [9.17, 15) is 4.39 Å². The molecule has 0 saturated heterocycles. The van der Waals surface area contributed by atoms with E-state index < -0.39 is 0 Å². The van der Waals surface area contributed by atoms with Crippen LogP contribution in [0.2, 0.25) is 0 Å². The molecule has 1 nitrogen and oxygen atoms in total. The Bertz CT molecular complexity index is 383. The molecule has 21 heavy (non-hydrogen) atoms. The summed E-state index contributed by atoms with van der Waals surface area (Å²) in [6.07, 6.45) is 3.52. The lowest BCUT2D eigenvalue weighted by atomic mass is 9.94. The minimum atomic E-state index is -0.150. The number of rotatable bonds is 9. The van der Waals surface area contributed by atoms with Crippen molar-refractivity contribution in [1.29, 1.82) is 0 Å². The number of hydrogen-bond donors (Lipinski definition) is 1. The van der Waals surface area contributed by atoms with Crippen molar-refractivity contribution in [3.8, 4) is 0 Å². The van der Waals surface area contributed by atoms with E-state index in [0.29, 0.717) is 5.92 Å². The zero-order valence-electron chi connectivity index (χ0n) is 13.9. The van der Waals surface area contributed by atoms with Crippen molar-refractivity contribution in [2.75, 3.05) is 18.1 Å². The van der Waals surface area contributed by atoms with Gasteiger partial charge in [0.2, 0.25) is 0 Å². The van der Waals surface area contributed by atoms with Crippen molar-refractivity contribution < 1.29 is 4.39 Å². The fraction of sp³-hybridized carbons (Fsp3) is 0.667. The molecular weight excluding hydrogens is 281 g/mol. The van der Waals surface area contributed by atoms with Gasteiger partial charge >= 0.3 is 0 Å². The largest absolute Gasteiger partial charge is 0.312 e. The van der Waals surface area contributed by atoms with Gasteiger partial charge in [0.05, 0.1) is 0 Å². The Kier molecular flexibility index (Phi) is 8.35. The highest BCUT2D eigenvalue weighted by Gasteiger charge is 2.15. The summed E-state index contributed by atoms with van der Waals surface area (Å²) >= 11 is 2.01. The van der Waals surface area contributed by atoms with E-state index in [1.54, 1.807) is 12.1 Å². The van der Waals surface area contributed by atoms with Crippen LogP contribution in [0.1, 0.15) is 46.1 Å². The van der Waals surface area contributed by atoms with Gasteiger partial charge < -0.3 is 5.32 Å². The fourth-order valence-electron chi connectivity index (χ4n) is 2.30. The van der Waals surface area contributed by atoms with E-state index in [1.807, 2.05) is 23.9 Å². The first kappa shape index (κ1) is 18.5. The zero-order valence-corrected chi connectivity index (χ0v) is 14.7. The molecule has 0 aliphatic heterocycles. The smallest absolute Gasteiger partial charge is 0.123 e. The van der Waals surface area contributed by atoms with Crippen molar-refractivity contribution in [2.24, 2.45) is 5.92 Å². The van der Waals surface area contributed by atoms with Gasteiger partial charge in [0.15, 0.2) is 0 Å². The number of benzene rings is 1. The summed E-state index contributed by atoms with van der Waals surface area (Å²) < 4.78 is 13.0. The maximum absolute atomic E-state index is 13.0. The number of hydrogen-bond acceptors (Lipinski definition) is 2. The molecule has 0 bridgehead atoms. The molecule has 1 rings (SSSR count). The first-order chi connectivity index (χ1) is 9.90. The van der Waals surface area contributed by atoms with Crippen molar-refractivity contribution >= 4 is 11.8 Å². The Morgan fingerprint density at radius 2 is 1.86 bits per heavy atom. The summed E-state index contributed by atoms with van der Waals surface area (Å²) in [4.78, 5) is 0. The maximum atomic E-state index is 13.0. The van der Waals surface area contributed by atoms with Gasteiger partial charge in [-0.1, -0.05) is 19.1 Å². The maximum Gasteiger partial charge on any atom is 0.123 e. The summed E-state index contributed by atoms with van der Waals surface area (Å²) in [5.74, 6) is 2.91. The van der Waals surface area contributed by atoms with Gasteiger partial charge in [-0.3, -0.25) is 0 Å². The van der Waals surface area contributed by atoms with Crippen molar-refractivity contribution in [3.63, 3.8) is 0 Å². The van der Waals surface area contributed by atoms with E-state index in [2.05, 4.69) is 33.0 Å². The predicted octanol–water partition coefficient (Wildman–Crippen LogP) is 4.91. The Balaban J connectivity index is 2.51. The van der Waals surface area contributed by atoms with Gasteiger partial charge in [-0.2, -0.15) is 11.8 Å². The van der Waals surface area contributed by atoms with Gasteiger partial charge in [0, 0.05) is 5.54 Å². The van der Waals surface area contributed by atoms with Crippen molar-refractivity contribution in [3.05, 3.63) is 35.6 Å². The standard InChI is InChI=1S/C18H30FNS/c1-5-21-12-6-7-16(14-20-18(2,3)4)13-15-8-10-17(19)11-9-15/h8-11,16,20H,5-7,12-14H2,1-4H3. The predicted molar refractivity (Wildman–Crippen MR) is 93.6 cm³/mol. The molecule has 0 aromatic heterocycles. The van der Waals surface area contributed by atoms with E-state index in [1.165, 1.54) is 29.9 Å². The van der Waals surface area contributed by atoms with Crippen LogP contribution in [0.4, 0.5) is 4.39 Å². The second-order valence-electron chi connectivity index (χ2n) is 6.67. The highest BCUT2D eigenvalue weighted by Crippen LogP contribution is 2.17. The summed E-state index contributed by atoms with van der Waals surface area (Å²) in [5.41, 5.74) is 1.39. The zero-order chi connectivity index (χ0) is 15.7. The number of thioether (sulfide) groups is 1. The van der Waals surface area contributed by atoms with Crippen molar-refractivity contribution in [2.45, 2.75) is 52.5 Å². The van der Waals surface area contributed by atoms with Crippen LogP contribution in [-0.4, -0.2) is 23.6 Å². The normalized spacial score (nSPS) is 13.4. The summed E-state index contributed by atoms with van der Waals surface area (Å²) in [7, 11) is 0. The van der Waals surface area contributed by atoms with Crippen LogP contribution in [0.25, 0.3) is 0 Å². The summed E-state index contributed by atoms with van der Waals surface area (Å²) in [6, 6.07) is 6.97. The third-order valence-electron chi connectivity index (χ3n) is 3.46. The minimum absolute atomic E-state index is 0.150. The second kappa shape index (κ2) is 9.47. The molecule has 0 aliphatic carbocycles. The van der Waals surface area contributed by atoms with Gasteiger partial charge in [0.1, 0.15) is 5.82 Å². The second-order valence-corrected chi connectivity index (χ2v) is 8.06. The third kappa shape index (κ3) is 9.15. The van der Waals surface area contributed by atoms with Crippen LogP contribution in [0.5, 0.6) is 0 Å². The topological polar surface area (TPSA) is 12.0 Å². The van der Waals surface area contributed by atoms with E-state index >= 15 is 0 Å². The molecular formula is C18H30FNS. The number of nitrogens with one attached hydrogen (secondary N) is 1. The summed E-state index contributed by atoms with van der Waals surface area (Å²) in [6.45, 7) is 9.85. The van der Waals surface area contributed by atoms with Gasteiger partial charge in [0.25, 0.3) is 0 Å². The van der Waals surface area contributed by atoms with Crippen LogP contribution < -0.4 is 5.32 Å². The lowest BCUT2D eigenvalue weighted by Gasteiger charge is -2.25. The monoisotopic (exact) mass is 311 g/mol. The van der Waals surface area contributed by atoms with Crippen LogP contribution >= 0.6 is 11.8 Å². The number of halogens is 1. The van der Waals surface area contributed by atoms with Crippen LogP contribution in [0.3, 0.4) is 0 Å². The lowest BCUT2D eigenvalue weighted by molar-refractivity contribution is 0.355. The average Bonchev–Trinajstić information content (AvgIpc) is 2.42. The Hall–Kier alpha value is -0.540. The fourth-order valence-corrected chi connectivity index (χ4v) is 2.96. The first-order valence-corrected chi connectivity index (χ1v) is 9.13. The summed E-state index contributed by atoms with van der Waals surface area (Å²) in [5, 5.41) is 3.61. The molecule has 1 aromatic rings. The van der Waals surface area contributed by atoms with Crippen LogP contribution in [0, 0.1) is 11.7 Å². The van der Waals surface area contributed by atoms with Crippen LogP contribution in [-0.2, 0) is 6.42 Å². The SMILES string of the molecule is CCSCCCC(CNC(C)(C)C)Cc1ccc(F)cc1. The lowest BCUT2D eigenvalue weighted by Crippen LogP contribution is -2.39. The van der Waals surface area contributed by atoms with E-state index in [0.717, 1.165) is 13.0 Å². The molecule has 1 atom stereocenters. The van der Waals surface area contributed by atoms with Gasteiger partial charge in [-0.25, -0.2) is 4.39 Å². The average molecular weight is 312 g/mol. The molecule has 3 heteroatoms. The molecule has 1 unspecified atom stereocenters. The van der Waals surface area contributed by atoms with Crippen molar-refractivity contribution in [1.82, 2.24) is 5.32 Å². The Morgan fingerprint density at radius 1 is 1.19 bits per heavy atom. The van der Waals surface area contributed by atoms with E-state index in [4.69, 9.17) is 0 Å². The molecule has 0 spiro atoms. The van der Waals surface area contributed by atoms with Crippen LogP contribution in [0.15, 0.2) is 24.3 Å². The first-order valence-electron chi connectivity index (χ1n) is 7.98. The van der Waals surface area contributed by atoms with Gasteiger partial charge in [-0.15, -0.1) is 0 Å². The highest BCUT2D eigenvalue weighted by atomic mass is 32.2. The molecule has 0 amide bonds. The third-order valence-corrected chi connectivity index (χ3v) is 4.45. The minimum Gasteiger partial charge on any atom is -0.312 e. The molecule has 1 N–H and O–H groups in total. The molecule has 0 saturated carbocycles. The quantitative estimate of drug-likeness (QED) is 0.651. The Labute approximate surface area is 134 Å². The molecule has 0 aliphatic rings. The molecule has 120 valence electrons. The Morgan fingerprint density at radius 3 is 2.43 bits per heavy atom. The van der Waals surface area contributed by atoms with E-state index in [-0.39, 0.29) is 11.4 Å².